The molecule has 1 N–H and O–H groups in total. The van der Waals surface area contributed by atoms with Gasteiger partial charge < -0.3 is 14.5 Å². The average molecular weight is 259 g/mol. The molecule has 0 aliphatic rings. The zero-order valence-electron chi connectivity index (χ0n) is 11.1. The number of ether oxygens (including phenoxy) is 1. The number of esters is 1. The molecule has 0 amide bonds. The van der Waals surface area contributed by atoms with E-state index in [1.165, 1.54) is 18.9 Å². The molecular formula is C15H17NO3. The lowest BCUT2D eigenvalue weighted by Crippen LogP contribution is -2.17. The van der Waals surface area contributed by atoms with Crippen LogP contribution in [0.1, 0.15) is 34.6 Å². The van der Waals surface area contributed by atoms with E-state index in [4.69, 9.17) is 4.42 Å². The number of methoxy groups -OCH3 is 1. The van der Waals surface area contributed by atoms with Gasteiger partial charge in [0, 0.05) is 6.04 Å². The fourth-order valence-electron chi connectivity index (χ4n) is 1.81. The SMILES string of the molecule is COC(=O)c1coc(CNC(C)c2ccccc2)c1. The minimum absolute atomic E-state index is 0.216. The summed E-state index contributed by atoms with van der Waals surface area (Å²) in [6, 6.07) is 12.1. The van der Waals surface area contributed by atoms with Gasteiger partial charge in [-0.2, -0.15) is 0 Å². The lowest BCUT2D eigenvalue weighted by Gasteiger charge is -2.12. The summed E-state index contributed by atoms with van der Waals surface area (Å²) in [7, 11) is 1.35. The number of nitrogens with one attached hydrogen (secondary N) is 1. The van der Waals surface area contributed by atoms with Gasteiger partial charge in [0.05, 0.1) is 19.2 Å². The van der Waals surface area contributed by atoms with Crippen LogP contribution in [0.4, 0.5) is 0 Å². The van der Waals surface area contributed by atoms with E-state index in [1.54, 1.807) is 6.07 Å². The Morgan fingerprint density at radius 2 is 2.11 bits per heavy atom. The molecule has 0 aliphatic carbocycles. The van der Waals surface area contributed by atoms with Crippen molar-refractivity contribution in [1.29, 1.82) is 0 Å². The van der Waals surface area contributed by atoms with Crippen LogP contribution in [-0.4, -0.2) is 13.1 Å². The Kier molecular flexibility index (Phi) is 4.36. The molecule has 100 valence electrons. The largest absolute Gasteiger partial charge is 0.467 e. The Bertz CT molecular complexity index is 533. The Hall–Kier alpha value is -2.07. The highest BCUT2D eigenvalue weighted by molar-refractivity contribution is 5.88. The van der Waals surface area contributed by atoms with E-state index >= 15 is 0 Å². The number of carbonyl (C=O) groups excluding carboxylic acids is 1. The molecule has 0 saturated heterocycles. The Balaban J connectivity index is 1.92. The van der Waals surface area contributed by atoms with Crippen molar-refractivity contribution in [2.24, 2.45) is 0 Å². The van der Waals surface area contributed by atoms with Crippen LogP contribution in [0.2, 0.25) is 0 Å². The predicted octanol–water partition coefficient (Wildman–Crippen LogP) is 2.92. The standard InChI is InChI=1S/C15H17NO3/c1-11(12-6-4-3-5-7-12)16-9-14-8-13(10-19-14)15(17)18-2/h3-8,10-11,16H,9H2,1-2H3. The van der Waals surface area contributed by atoms with Crippen LogP contribution in [0, 0.1) is 0 Å². The smallest absolute Gasteiger partial charge is 0.341 e. The lowest BCUT2D eigenvalue weighted by molar-refractivity contribution is 0.0600. The van der Waals surface area contributed by atoms with Crippen molar-refractivity contribution in [2.75, 3.05) is 7.11 Å². The summed E-state index contributed by atoms with van der Waals surface area (Å²) in [4.78, 5) is 11.3. The molecule has 19 heavy (non-hydrogen) atoms. The summed E-state index contributed by atoms with van der Waals surface area (Å²) in [5.74, 6) is 0.328. The summed E-state index contributed by atoms with van der Waals surface area (Å²) in [6.45, 7) is 2.65. The Morgan fingerprint density at radius 1 is 1.37 bits per heavy atom. The minimum Gasteiger partial charge on any atom is -0.467 e. The van der Waals surface area contributed by atoms with Crippen LogP contribution in [-0.2, 0) is 11.3 Å². The van der Waals surface area contributed by atoms with Crippen LogP contribution in [0.15, 0.2) is 47.1 Å². The van der Waals surface area contributed by atoms with Crippen LogP contribution < -0.4 is 5.32 Å². The van der Waals surface area contributed by atoms with Crippen molar-refractivity contribution in [2.45, 2.75) is 19.5 Å². The Labute approximate surface area is 112 Å². The van der Waals surface area contributed by atoms with Gasteiger partial charge in [-0.05, 0) is 18.6 Å². The molecule has 1 heterocycles. The van der Waals surface area contributed by atoms with E-state index in [2.05, 4.69) is 29.1 Å². The van der Waals surface area contributed by atoms with Gasteiger partial charge in [0.1, 0.15) is 12.0 Å². The fourth-order valence-corrected chi connectivity index (χ4v) is 1.81. The van der Waals surface area contributed by atoms with Crippen LogP contribution >= 0.6 is 0 Å². The maximum absolute atomic E-state index is 11.3. The van der Waals surface area contributed by atoms with E-state index in [-0.39, 0.29) is 12.0 Å². The number of hydrogen-bond donors (Lipinski definition) is 1. The van der Waals surface area contributed by atoms with Gasteiger partial charge in [0.2, 0.25) is 0 Å². The van der Waals surface area contributed by atoms with Gasteiger partial charge in [-0.15, -0.1) is 0 Å². The molecule has 1 aromatic carbocycles. The molecule has 1 atom stereocenters. The van der Waals surface area contributed by atoms with E-state index in [0.29, 0.717) is 17.9 Å². The topological polar surface area (TPSA) is 51.5 Å². The van der Waals surface area contributed by atoms with Crippen LogP contribution in [0.25, 0.3) is 0 Å². The first-order valence-electron chi connectivity index (χ1n) is 6.14. The van der Waals surface area contributed by atoms with Crippen LogP contribution in [0.5, 0.6) is 0 Å². The summed E-state index contributed by atoms with van der Waals surface area (Å²) in [6.07, 6.45) is 1.41. The average Bonchev–Trinajstić information content (AvgIpc) is 2.93. The monoisotopic (exact) mass is 259 g/mol. The van der Waals surface area contributed by atoms with Crippen molar-refractivity contribution < 1.29 is 13.9 Å². The first-order valence-corrected chi connectivity index (χ1v) is 6.14. The van der Waals surface area contributed by atoms with Gasteiger partial charge in [-0.25, -0.2) is 4.79 Å². The molecule has 2 rings (SSSR count). The van der Waals surface area contributed by atoms with E-state index in [9.17, 15) is 4.79 Å². The molecule has 1 unspecified atom stereocenters. The lowest BCUT2D eigenvalue weighted by atomic mass is 10.1. The highest BCUT2D eigenvalue weighted by Gasteiger charge is 2.11. The quantitative estimate of drug-likeness (QED) is 0.839. The molecule has 0 spiro atoms. The van der Waals surface area contributed by atoms with Crippen LogP contribution in [0.3, 0.4) is 0 Å². The maximum atomic E-state index is 11.3. The maximum Gasteiger partial charge on any atom is 0.341 e. The summed E-state index contributed by atoms with van der Waals surface area (Å²) >= 11 is 0. The molecule has 0 aliphatic heterocycles. The highest BCUT2D eigenvalue weighted by Crippen LogP contribution is 2.14. The van der Waals surface area contributed by atoms with Gasteiger partial charge in [0.15, 0.2) is 0 Å². The number of carbonyl (C=O) groups is 1. The zero-order chi connectivity index (χ0) is 13.7. The van der Waals surface area contributed by atoms with E-state index in [0.717, 1.165) is 0 Å². The molecule has 2 aromatic rings. The number of hydrogen-bond acceptors (Lipinski definition) is 4. The summed E-state index contributed by atoms with van der Waals surface area (Å²) in [5, 5.41) is 3.34. The second-order valence-corrected chi connectivity index (χ2v) is 4.31. The highest BCUT2D eigenvalue weighted by atomic mass is 16.5. The van der Waals surface area contributed by atoms with Crippen molar-refractivity contribution in [1.82, 2.24) is 5.32 Å². The van der Waals surface area contributed by atoms with Gasteiger partial charge in [-0.1, -0.05) is 30.3 Å². The van der Waals surface area contributed by atoms with E-state index < -0.39 is 0 Å². The molecule has 0 fully saturated rings. The molecule has 4 nitrogen and oxygen atoms in total. The normalized spacial score (nSPS) is 12.1. The number of furan rings is 1. The fraction of sp³-hybridized carbons (Fsp3) is 0.267. The zero-order valence-corrected chi connectivity index (χ0v) is 11.1. The van der Waals surface area contributed by atoms with Crippen molar-refractivity contribution in [3.63, 3.8) is 0 Å². The van der Waals surface area contributed by atoms with Gasteiger partial charge in [0.25, 0.3) is 0 Å². The Morgan fingerprint density at radius 3 is 2.79 bits per heavy atom. The molecule has 0 bridgehead atoms. The predicted molar refractivity (Wildman–Crippen MR) is 71.7 cm³/mol. The number of rotatable bonds is 5. The first kappa shape index (κ1) is 13.4. The second-order valence-electron chi connectivity index (χ2n) is 4.31. The molecular weight excluding hydrogens is 242 g/mol. The van der Waals surface area contributed by atoms with E-state index in [1.807, 2.05) is 18.2 Å². The van der Waals surface area contributed by atoms with Gasteiger partial charge in [-0.3, -0.25) is 0 Å². The van der Waals surface area contributed by atoms with Crippen molar-refractivity contribution in [3.8, 4) is 0 Å². The third-order valence-corrected chi connectivity index (χ3v) is 2.96. The molecule has 4 heteroatoms. The van der Waals surface area contributed by atoms with Crippen molar-refractivity contribution in [3.05, 3.63) is 59.5 Å². The number of benzene rings is 1. The molecule has 1 aromatic heterocycles. The summed E-state index contributed by atoms with van der Waals surface area (Å²) in [5.41, 5.74) is 1.65. The first-order chi connectivity index (χ1) is 9.20. The summed E-state index contributed by atoms with van der Waals surface area (Å²) < 4.78 is 9.94. The molecule has 0 radical (unpaired) electrons. The van der Waals surface area contributed by atoms with Crippen molar-refractivity contribution >= 4 is 5.97 Å². The molecule has 0 saturated carbocycles. The third kappa shape index (κ3) is 3.45. The third-order valence-electron chi connectivity index (χ3n) is 2.96. The minimum atomic E-state index is -0.383. The second kappa shape index (κ2) is 6.20. The van der Waals surface area contributed by atoms with Gasteiger partial charge >= 0.3 is 5.97 Å².